The Bertz CT molecular complexity index is 1300. The third-order valence-electron chi connectivity index (χ3n) is 5.76. The van der Waals surface area contributed by atoms with Gasteiger partial charge in [0.15, 0.2) is 5.16 Å². The molecule has 0 aliphatic carbocycles. The predicted molar refractivity (Wildman–Crippen MR) is 121 cm³/mol. The molecule has 12 heteroatoms. The van der Waals surface area contributed by atoms with E-state index in [0.29, 0.717) is 34.3 Å². The van der Waals surface area contributed by atoms with Crippen molar-refractivity contribution in [1.29, 1.82) is 0 Å². The molecule has 1 unspecified atom stereocenters. The zero-order valence-electron chi connectivity index (χ0n) is 17.8. The topological polar surface area (TPSA) is 140 Å². The summed E-state index contributed by atoms with van der Waals surface area (Å²) in [5, 5.41) is 4.68. The van der Waals surface area contributed by atoms with Crippen LogP contribution in [0.4, 0.5) is 11.5 Å². The lowest BCUT2D eigenvalue weighted by Gasteiger charge is -2.27. The van der Waals surface area contributed by atoms with Crippen molar-refractivity contribution in [1.82, 2.24) is 19.7 Å². The van der Waals surface area contributed by atoms with Gasteiger partial charge in [0, 0.05) is 36.6 Å². The van der Waals surface area contributed by atoms with Crippen molar-refractivity contribution in [2.45, 2.75) is 30.6 Å². The van der Waals surface area contributed by atoms with Crippen molar-refractivity contribution in [3.8, 4) is 11.5 Å². The van der Waals surface area contributed by atoms with E-state index in [1.165, 1.54) is 11.8 Å². The van der Waals surface area contributed by atoms with Crippen molar-refractivity contribution in [3.63, 3.8) is 0 Å². The fourth-order valence-corrected chi connectivity index (χ4v) is 4.60. The number of primary amides is 1. The molecule has 2 aromatic heterocycles. The summed E-state index contributed by atoms with van der Waals surface area (Å²) in [6.07, 6.45) is 5.47. The number of amides is 2. The van der Waals surface area contributed by atoms with Crippen LogP contribution >= 0.6 is 11.8 Å². The Morgan fingerprint density at radius 3 is 2.97 bits per heavy atom. The van der Waals surface area contributed by atoms with Crippen LogP contribution in [0, 0.1) is 0 Å². The Kier molecular flexibility index (Phi) is 5.36. The van der Waals surface area contributed by atoms with Crippen LogP contribution in [0.2, 0.25) is 0 Å². The van der Waals surface area contributed by atoms with Crippen LogP contribution in [0.15, 0.2) is 44.8 Å². The Balaban J connectivity index is 1.54. The fraction of sp³-hybridized carbons (Fsp3) is 0.333. The lowest BCUT2D eigenvalue weighted by molar-refractivity contribution is -0.118. The van der Waals surface area contributed by atoms with Crippen LogP contribution < -0.4 is 21.3 Å². The first kappa shape index (κ1) is 21.2. The molecule has 1 aromatic carbocycles. The molecule has 1 saturated heterocycles. The largest absolute Gasteiger partial charge is 0.437 e. The number of aromatic nitrogens is 4. The summed E-state index contributed by atoms with van der Waals surface area (Å²) in [5.41, 5.74) is 6.75. The molecule has 33 heavy (non-hydrogen) atoms. The third kappa shape index (κ3) is 3.86. The number of thioether (sulfide) groups is 1. The highest BCUT2D eigenvalue weighted by Gasteiger charge is 2.37. The molecule has 1 atom stereocenters. The summed E-state index contributed by atoms with van der Waals surface area (Å²) in [6, 6.07) is 7.17. The molecule has 4 heterocycles. The first-order chi connectivity index (χ1) is 15.9. The monoisotopic (exact) mass is 467 g/mol. The summed E-state index contributed by atoms with van der Waals surface area (Å²) in [5.74, 6) is -0.951. The van der Waals surface area contributed by atoms with Crippen LogP contribution in [0.3, 0.4) is 0 Å². The van der Waals surface area contributed by atoms with Gasteiger partial charge in [0.25, 0.3) is 5.91 Å². The number of carbonyl (C=O) groups is 2. The second-order valence-electron chi connectivity index (χ2n) is 7.85. The zero-order chi connectivity index (χ0) is 23.1. The van der Waals surface area contributed by atoms with Gasteiger partial charge in [-0.1, -0.05) is 17.8 Å². The molecule has 3 aromatic rings. The molecule has 0 saturated carbocycles. The summed E-state index contributed by atoms with van der Waals surface area (Å²) < 4.78 is 6.07. The van der Waals surface area contributed by atoms with Gasteiger partial charge in [0.05, 0.1) is 0 Å². The Morgan fingerprint density at radius 1 is 1.33 bits per heavy atom. The number of nitrogens with zero attached hydrogens (tertiary/aromatic N) is 6. The highest BCUT2D eigenvalue weighted by molar-refractivity contribution is 7.98. The van der Waals surface area contributed by atoms with E-state index < -0.39 is 11.7 Å². The lowest BCUT2D eigenvalue weighted by atomic mass is 10.1. The van der Waals surface area contributed by atoms with Gasteiger partial charge in [0.2, 0.25) is 11.8 Å². The molecule has 1 fully saturated rings. The fourth-order valence-electron chi connectivity index (χ4n) is 4.27. The average molecular weight is 468 g/mol. The van der Waals surface area contributed by atoms with Crippen molar-refractivity contribution in [3.05, 3.63) is 46.6 Å². The number of carbonyl (C=O) groups excluding carboxylic acids is 2. The minimum absolute atomic E-state index is 0.0428. The third-order valence-corrected chi connectivity index (χ3v) is 6.33. The first-order valence-electron chi connectivity index (χ1n) is 10.4. The summed E-state index contributed by atoms with van der Waals surface area (Å²) in [4.78, 5) is 49.6. The smallest absolute Gasteiger partial charge is 0.388 e. The van der Waals surface area contributed by atoms with E-state index in [2.05, 4.69) is 20.0 Å². The highest BCUT2D eigenvalue weighted by atomic mass is 32.2. The van der Waals surface area contributed by atoms with E-state index in [4.69, 9.17) is 10.2 Å². The molecule has 2 aliphatic rings. The van der Waals surface area contributed by atoms with Crippen LogP contribution in [-0.2, 0) is 11.3 Å². The summed E-state index contributed by atoms with van der Waals surface area (Å²) in [7, 11) is 0. The van der Waals surface area contributed by atoms with Gasteiger partial charge in [-0.2, -0.15) is 4.68 Å². The van der Waals surface area contributed by atoms with Crippen molar-refractivity contribution in [2.75, 3.05) is 29.1 Å². The quantitative estimate of drug-likeness (QED) is 0.432. The Hall–Kier alpha value is -3.67. The van der Waals surface area contributed by atoms with Gasteiger partial charge < -0.3 is 20.0 Å². The molecule has 0 spiro atoms. The van der Waals surface area contributed by atoms with Crippen molar-refractivity contribution in [2.24, 2.45) is 5.73 Å². The summed E-state index contributed by atoms with van der Waals surface area (Å²) in [6.45, 7) is 0.957. The average Bonchev–Trinajstić information content (AvgIpc) is 3.40. The van der Waals surface area contributed by atoms with E-state index in [1.807, 2.05) is 12.3 Å². The van der Waals surface area contributed by atoms with E-state index in [0.717, 1.165) is 24.1 Å². The number of hydrogen-bond acceptors (Lipinski definition) is 9. The van der Waals surface area contributed by atoms with Crippen molar-refractivity contribution < 1.29 is 14.0 Å². The van der Waals surface area contributed by atoms with Crippen LogP contribution in [-0.4, -0.2) is 56.9 Å². The number of anilines is 2. The molecular formula is C21H21N7O4S. The van der Waals surface area contributed by atoms with Crippen LogP contribution in [0.25, 0.3) is 11.5 Å². The van der Waals surface area contributed by atoms with E-state index in [1.54, 1.807) is 29.3 Å². The normalized spacial score (nSPS) is 17.6. The number of rotatable bonds is 5. The molecule has 2 N–H and O–H groups in total. The molecule has 2 aliphatic heterocycles. The molecule has 5 rings (SSSR count). The molecule has 11 nitrogen and oxygen atoms in total. The molecule has 0 bridgehead atoms. The van der Waals surface area contributed by atoms with Gasteiger partial charge in [0.1, 0.15) is 17.9 Å². The highest BCUT2D eigenvalue weighted by Crippen LogP contribution is 2.35. The Morgan fingerprint density at radius 2 is 2.18 bits per heavy atom. The SMILES string of the molecule is CSc1ncc2c(n1)N1CCCC1CN(c1cccc(-c3nn(CC(N)=O)c(=O)o3)c1)C2=O. The molecule has 2 amide bonds. The maximum Gasteiger partial charge on any atom is 0.437 e. The van der Waals surface area contributed by atoms with Crippen molar-refractivity contribution >= 4 is 35.1 Å². The molecular weight excluding hydrogens is 446 g/mol. The second kappa shape index (κ2) is 8.35. The minimum atomic E-state index is -0.780. The van der Waals surface area contributed by atoms with Crippen LogP contribution in [0.1, 0.15) is 23.2 Å². The van der Waals surface area contributed by atoms with E-state index >= 15 is 0 Å². The van der Waals surface area contributed by atoms with Gasteiger partial charge in [-0.15, -0.1) is 5.10 Å². The number of hydrogen-bond donors (Lipinski definition) is 1. The lowest BCUT2D eigenvalue weighted by Crippen LogP contribution is -2.39. The first-order valence-corrected chi connectivity index (χ1v) is 11.6. The van der Waals surface area contributed by atoms with Crippen LogP contribution in [0.5, 0.6) is 0 Å². The minimum Gasteiger partial charge on any atom is -0.388 e. The maximum absolute atomic E-state index is 13.6. The predicted octanol–water partition coefficient (Wildman–Crippen LogP) is 1.13. The standard InChI is InChI=1S/C21H21N7O4S/c1-33-20-23-9-15-17(24-20)26-7-3-6-14(26)10-27(19(15)30)13-5-2-4-12(8-13)18-25-28(11-16(22)29)21(31)32-18/h2,4-5,8-9,14H,3,6-7,10-11H2,1H3,(H2,22,29). The number of fused-ring (bicyclic) bond motifs is 3. The van der Waals surface area contributed by atoms with Gasteiger partial charge in [-0.3, -0.25) is 9.59 Å². The second-order valence-corrected chi connectivity index (χ2v) is 8.62. The molecule has 170 valence electrons. The zero-order valence-corrected chi connectivity index (χ0v) is 18.6. The number of benzene rings is 1. The molecule has 0 radical (unpaired) electrons. The summed E-state index contributed by atoms with van der Waals surface area (Å²) >= 11 is 1.44. The van der Waals surface area contributed by atoms with E-state index in [-0.39, 0.29) is 24.4 Å². The van der Waals surface area contributed by atoms with Gasteiger partial charge in [-0.25, -0.2) is 14.8 Å². The Labute approximate surface area is 192 Å². The van der Waals surface area contributed by atoms with Gasteiger partial charge in [-0.05, 0) is 37.3 Å². The van der Waals surface area contributed by atoms with E-state index in [9.17, 15) is 14.4 Å². The maximum atomic E-state index is 13.6. The van der Waals surface area contributed by atoms with Gasteiger partial charge >= 0.3 is 5.76 Å². The number of nitrogens with two attached hydrogens (primary N) is 1.